The maximum Gasteiger partial charge on any atom is 0.308 e. The molecule has 1 rings (SSSR count). The zero-order valence-electron chi connectivity index (χ0n) is 17.6. The molecule has 0 heterocycles. The molecule has 0 aliphatic carbocycles. The minimum atomic E-state index is -4.24. The van der Waals surface area contributed by atoms with Gasteiger partial charge in [-0.25, -0.2) is 8.42 Å². The number of rotatable bonds is 10. The van der Waals surface area contributed by atoms with E-state index in [1.165, 1.54) is 14.2 Å². The zero-order valence-corrected chi connectivity index (χ0v) is 18.5. The van der Waals surface area contributed by atoms with Gasteiger partial charge in [0.05, 0.1) is 13.0 Å². The lowest BCUT2D eigenvalue weighted by Gasteiger charge is -2.23. The van der Waals surface area contributed by atoms with Gasteiger partial charge in [0, 0.05) is 19.9 Å². The van der Waals surface area contributed by atoms with Gasteiger partial charge in [-0.3, -0.25) is 14.3 Å². The van der Waals surface area contributed by atoms with Crippen LogP contribution in [0.3, 0.4) is 0 Å². The van der Waals surface area contributed by atoms with Crippen LogP contribution in [0.25, 0.3) is 0 Å². The molecule has 10 heteroatoms. The number of esters is 1. The van der Waals surface area contributed by atoms with E-state index in [-0.39, 0.29) is 12.2 Å². The number of hydrogen-bond donors (Lipinski definition) is 2. The van der Waals surface area contributed by atoms with Crippen LogP contribution in [0, 0.1) is 6.92 Å². The summed E-state index contributed by atoms with van der Waals surface area (Å²) in [5.74, 6) is -1.67. The summed E-state index contributed by atoms with van der Waals surface area (Å²) in [5, 5.41) is 0.737. The van der Waals surface area contributed by atoms with E-state index in [0.29, 0.717) is 0 Å². The molecule has 0 saturated carbocycles. The smallest absolute Gasteiger partial charge is 0.308 e. The van der Waals surface area contributed by atoms with Crippen molar-refractivity contribution in [1.29, 1.82) is 0 Å². The molecular formula is C19H30N2O7S. The standard InChI is InChI=1S/C19H30N2O7S/c1-13-7-9-14(10-8-13)21-29(24,25)15(11-16(22)28-19(2,3)4)18(23)20-12-17(26-5)27-6/h7-10,15,17,21H,11-12H2,1-6H3,(H,20,23)/t15-/m1/s1. The van der Waals surface area contributed by atoms with E-state index in [0.717, 1.165) is 5.56 Å². The topological polar surface area (TPSA) is 120 Å². The molecule has 2 N–H and O–H groups in total. The lowest BCUT2D eigenvalue weighted by atomic mass is 10.2. The molecular weight excluding hydrogens is 400 g/mol. The number of carbonyl (C=O) groups is 2. The van der Waals surface area contributed by atoms with E-state index in [4.69, 9.17) is 14.2 Å². The van der Waals surface area contributed by atoms with Crippen molar-refractivity contribution in [3.8, 4) is 0 Å². The predicted octanol–water partition coefficient (Wildman–Crippen LogP) is 1.57. The second kappa shape index (κ2) is 10.6. The third kappa shape index (κ3) is 8.80. The molecule has 0 aromatic heterocycles. The number of aryl methyl sites for hydroxylation is 1. The van der Waals surface area contributed by atoms with Gasteiger partial charge >= 0.3 is 5.97 Å². The molecule has 1 aromatic rings. The molecule has 0 aliphatic heterocycles. The van der Waals surface area contributed by atoms with Gasteiger partial charge in [-0.2, -0.15) is 0 Å². The Kier molecular flexibility index (Phi) is 9.06. The summed E-state index contributed by atoms with van der Waals surface area (Å²) >= 11 is 0. The number of sulfonamides is 1. The third-order valence-corrected chi connectivity index (χ3v) is 5.37. The molecule has 1 amide bonds. The van der Waals surface area contributed by atoms with Crippen molar-refractivity contribution in [3.05, 3.63) is 29.8 Å². The Labute approximate surface area is 172 Å². The number of methoxy groups -OCH3 is 2. The first-order valence-corrected chi connectivity index (χ1v) is 10.6. The van der Waals surface area contributed by atoms with Crippen LogP contribution in [0.4, 0.5) is 5.69 Å². The van der Waals surface area contributed by atoms with Crippen molar-refractivity contribution in [2.24, 2.45) is 0 Å². The van der Waals surface area contributed by atoms with Crippen LogP contribution >= 0.6 is 0 Å². The Morgan fingerprint density at radius 1 is 1.07 bits per heavy atom. The van der Waals surface area contributed by atoms with Crippen LogP contribution in [0.1, 0.15) is 32.8 Å². The van der Waals surface area contributed by atoms with Crippen LogP contribution in [0.15, 0.2) is 24.3 Å². The quantitative estimate of drug-likeness (QED) is 0.427. The van der Waals surface area contributed by atoms with Crippen LogP contribution in [0.5, 0.6) is 0 Å². The van der Waals surface area contributed by atoms with Gasteiger partial charge in [-0.1, -0.05) is 17.7 Å². The number of benzene rings is 1. The van der Waals surface area contributed by atoms with E-state index in [2.05, 4.69) is 10.0 Å². The minimum absolute atomic E-state index is 0.0866. The molecule has 0 saturated heterocycles. The molecule has 0 bridgehead atoms. The Morgan fingerprint density at radius 3 is 2.10 bits per heavy atom. The summed E-state index contributed by atoms with van der Waals surface area (Å²) in [6.45, 7) is 6.73. The zero-order chi connectivity index (χ0) is 22.2. The molecule has 0 aliphatic rings. The molecule has 0 fully saturated rings. The fourth-order valence-electron chi connectivity index (χ4n) is 2.30. The average molecular weight is 431 g/mol. The molecule has 0 radical (unpaired) electrons. The first kappa shape index (κ1) is 24.9. The SMILES string of the molecule is COC(CNC(=O)[C@@H](CC(=O)OC(C)(C)C)S(=O)(=O)Nc1ccc(C)cc1)OC. The van der Waals surface area contributed by atoms with E-state index in [9.17, 15) is 18.0 Å². The summed E-state index contributed by atoms with van der Waals surface area (Å²) in [4.78, 5) is 24.8. The highest BCUT2D eigenvalue weighted by Crippen LogP contribution is 2.17. The molecule has 9 nitrogen and oxygen atoms in total. The van der Waals surface area contributed by atoms with Crippen molar-refractivity contribution >= 4 is 27.6 Å². The van der Waals surface area contributed by atoms with E-state index in [1.54, 1.807) is 45.0 Å². The molecule has 1 aromatic carbocycles. The van der Waals surface area contributed by atoms with E-state index in [1.807, 2.05) is 6.92 Å². The number of ether oxygens (including phenoxy) is 3. The van der Waals surface area contributed by atoms with Crippen molar-refractivity contribution in [2.45, 2.75) is 51.3 Å². The predicted molar refractivity (Wildman–Crippen MR) is 109 cm³/mol. The Balaban J connectivity index is 3.04. The Morgan fingerprint density at radius 2 is 1.62 bits per heavy atom. The monoisotopic (exact) mass is 430 g/mol. The van der Waals surface area contributed by atoms with E-state index >= 15 is 0 Å². The molecule has 0 unspecified atom stereocenters. The maximum atomic E-state index is 12.9. The number of amides is 1. The number of hydrogen-bond acceptors (Lipinski definition) is 7. The van der Waals surface area contributed by atoms with Gasteiger partial charge in [0.1, 0.15) is 5.60 Å². The highest BCUT2D eigenvalue weighted by Gasteiger charge is 2.36. The average Bonchev–Trinajstić information content (AvgIpc) is 2.60. The van der Waals surface area contributed by atoms with Gasteiger partial charge in [-0.15, -0.1) is 0 Å². The lowest BCUT2D eigenvalue weighted by Crippen LogP contribution is -2.46. The summed E-state index contributed by atoms with van der Waals surface area (Å²) in [6, 6.07) is 6.59. The fraction of sp³-hybridized carbons (Fsp3) is 0.579. The van der Waals surface area contributed by atoms with Crippen molar-refractivity contribution in [3.63, 3.8) is 0 Å². The highest BCUT2D eigenvalue weighted by atomic mass is 32.2. The van der Waals surface area contributed by atoms with Crippen molar-refractivity contribution in [1.82, 2.24) is 5.32 Å². The van der Waals surface area contributed by atoms with Crippen LogP contribution in [0.2, 0.25) is 0 Å². The van der Waals surface area contributed by atoms with Crippen LogP contribution in [-0.4, -0.2) is 58.2 Å². The third-order valence-electron chi connectivity index (χ3n) is 3.72. The van der Waals surface area contributed by atoms with Gasteiger partial charge in [0.2, 0.25) is 15.9 Å². The summed E-state index contributed by atoms with van der Waals surface area (Å²) in [7, 11) is -1.48. The number of carbonyl (C=O) groups excluding carboxylic acids is 2. The van der Waals surface area contributed by atoms with Gasteiger partial charge in [0.15, 0.2) is 11.5 Å². The second-order valence-electron chi connectivity index (χ2n) is 7.44. The summed E-state index contributed by atoms with van der Waals surface area (Å²) in [5.41, 5.74) is 0.411. The first-order chi connectivity index (χ1) is 13.4. The molecule has 1 atom stereocenters. The van der Waals surface area contributed by atoms with Gasteiger partial charge in [0.25, 0.3) is 0 Å². The first-order valence-electron chi connectivity index (χ1n) is 9.01. The second-order valence-corrected chi connectivity index (χ2v) is 9.30. The van der Waals surface area contributed by atoms with Crippen LogP contribution < -0.4 is 10.0 Å². The molecule has 0 spiro atoms. The molecule has 29 heavy (non-hydrogen) atoms. The van der Waals surface area contributed by atoms with E-state index < -0.39 is 45.5 Å². The number of nitrogens with one attached hydrogen (secondary N) is 2. The fourth-order valence-corrected chi connectivity index (χ4v) is 3.62. The highest BCUT2D eigenvalue weighted by molar-refractivity contribution is 7.94. The Hall–Kier alpha value is -2.17. The summed E-state index contributed by atoms with van der Waals surface area (Å²) in [6.07, 6.45) is -1.40. The van der Waals surface area contributed by atoms with Gasteiger partial charge < -0.3 is 19.5 Å². The molecule has 164 valence electrons. The maximum absolute atomic E-state index is 12.9. The summed E-state index contributed by atoms with van der Waals surface area (Å²) < 4.78 is 43.2. The normalized spacial score (nSPS) is 13.1. The van der Waals surface area contributed by atoms with Crippen molar-refractivity contribution in [2.75, 3.05) is 25.5 Å². The van der Waals surface area contributed by atoms with Crippen LogP contribution in [-0.2, 0) is 33.8 Å². The lowest BCUT2D eigenvalue weighted by molar-refractivity contribution is -0.155. The largest absolute Gasteiger partial charge is 0.460 e. The minimum Gasteiger partial charge on any atom is -0.460 e. The van der Waals surface area contributed by atoms with Gasteiger partial charge in [-0.05, 0) is 39.8 Å². The Bertz CT molecular complexity index is 782. The number of anilines is 1. The van der Waals surface area contributed by atoms with Crippen molar-refractivity contribution < 1.29 is 32.2 Å².